The van der Waals surface area contributed by atoms with Gasteiger partial charge in [-0.25, -0.2) is 0 Å². The lowest BCUT2D eigenvalue weighted by Crippen LogP contribution is -2.15. The summed E-state index contributed by atoms with van der Waals surface area (Å²) < 4.78 is 32.1. The van der Waals surface area contributed by atoms with Gasteiger partial charge in [0.15, 0.2) is 17.3 Å². The van der Waals surface area contributed by atoms with Crippen molar-refractivity contribution in [1.29, 1.82) is 0 Å². The van der Waals surface area contributed by atoms with Gasteiger partial charge in [-0.05, 0) is 49.8 Å². The van der Waals surface area contributed by atoms with Gasteiger partial charge in [-0.2, -0.15) is 0 Å². The summed E-state index contributed by atoms with van der Waals surface area (Å²) in [5.41, 5.74) is 1.28. The highest BCUT2D eigenvalue weighted by molar-refractivity contribution is 6.12. The van der Waals surface area contributed by atoms with E-state index in [0.717, 1.165) is 102 Å². The van der Waals surface area contributed by atoms with Crippen LogP contribution in [0.1, 0.15) is 147 Å². The van der Waals surface area contributed by atoms with Crippen molar-refractivity contribution >= 4 is 11.9 Å². The Kier molecular flexibility index (Phi) is 21.2. The molecule has 0 amide bonds. The van der Waals surface area contributed by atoms with Gasteiger partial charge in [0, 0.05) is 0 Å². The molecule has 0 aliphatic carbocycles. The van der Waals surface area contributed by atoms with Crippen molar-refractivity contribution in [1.82, 2.24) is 0 Å². The maximum Gasteiger partial charge on any atom is 0.231 e. The SMILES string of the molecule is CCCCCOC(=Cc1ccccc1)C(=O)c1cc(OCCCCC)c(OCCCCC)c(OCCCCC)c1OCCCCC. The second kappa shape index (κ2) is 25.0. The molecule has 6 heteroatoms. The molecule has 2 aromatic carbocycles. The molecule has 0 N–H and O–H groups in total. The normalized spacial score (nSPS) is 11.4. The van der Waals surface area contributed by atoms with Crippen LogP contribution >= 0.6 is 0 Å². The predicted molar refractivity (Wildman–Crippen MR) is 191 cm³/mol. The molecule has 258 valence electrons. The first-order chi connectivity index (χ1) is 22.6. The minimum atomic E-state index is -0.250. The number of hydrogen-bond donors (Lipinski definition) is 0. The molecule has 0 heterocycles. The Hall–Kier alpha value is -3.15. The highest BCUT2D eigenvalue weighted by atomic mass is 16.6. The summed E-state index contributed by atoms with van der Waals surface area (Å²) in [5, 5.41) is 0. The zero-order chi connectivity index (χ0) is 33.2. The van der Waals surface area contributed by atoms with Crippen LogP contribution in [0.15, 0.2) is 42.2 Å². The van der Waals surface area contributed by atoms with Gasteiger partial charge in [-0.15, -0.1) is 0 Å². The minimum absolute atomic E-state index is 0.250. The lowest BCUT2D eigenvalue weighted by Gasteiger charge is -2.23. The van der Waals surface area contributed by atoms with Crippen molar-refractivity contribution in [2.45, 2.75) is 131 Å². The monoisotopic (exact) mass is 638 g/mol. The van der Waals surface area contributed by atoms with Gasteiger partial charge >= 0.3 is 0 Å². The molecule has 0 unspecified atom stereocenters. The average molecular weight is 639 g/mol. The van der Waals surface area contributed by atoms with Crippen LogP contribution in [0, 0.1) is 0 Å². The largest absolute Gasteiger partial charge is 0.490 e. The topological polar surface area (TPSA) is 63.2 Å². The van der Waals surface area contributed by atoms with Gasteiger partial charge in [0.05, 0.1) is 38.6 Å². The zero-order valence-electron chi connectivity index (χ0n) is 29.6. The Morgan fingerprint density at radius 1 is 0.543 bits per heavy atom. The lowest BCUT2D eigenvalue weighted by molar-refractivity contribution is 0.0913. The van der Waals surface area contributed by atoms with Crippen molar-refractivity contribution in [3.63, 3.8) is 0 Å². The van der Waals surface area contributed by atoms with E-state index in [9.17, 15) is 4.79 Å². The second-order valence-corrected chi connectivity index (χ2v) is 11.9. The molecule has 0 aliphatic heterocycles. The first-order valence-electron chi connectivity index (χ1n) is 18.3. The standard InChI is InChI=1S/C40H62O6/c1-6-11-19-26-42-35(31-33-24-17-16-18-25-33)37(41)34-32-36(43-27-20-12-7-2)39(45-29-22-14-9-4)40(46-30-23-15-10-5)38(34)44-28-21-13-8-3/h16-18,24-25,31-32H,6-15,19-23,26-30H2,1-5H3. The molecular formula is C40H62O6. The van der Waals surface area contributed by atoms with E-state index in [1.54, 1.807) is 6.07 Å². The molecule has 6 nitrogen and oxygen atoms in total. The van der Waals surface area contributed by atoms with Crippen LogP contribution in [-0.4, -0.2) is 38.8 Å². The molecule has 2 rings (SSSR count). The third-order valence-electron chi connectivity index (χ3n) is 7.72. The third kappa shape index (κ3) is 14.5. The van der Waals surface area contributed by atoms with E-state index in [-0.39, 0.29) is 11.5 Å². The van der Waals surface area contributed by atoms with Gasteiger partial charge in [0.2, 0.25) is 17.3 Å². The molecule has 0 atom stereocenters. The second-order valence-electron chi connectivity index (χ2n) is 11.9. The fourth-order valence-corrected chi connectivity index (χ4v) is 4.94. The Balaban J connectivity index is 2.71. The molecular weight excluding hydrogens is 576 g/mol. The quantitative estimate of drug-likeness (QED) is 0.0400. The molecule has 0 fully saturated rings. The van der Waals surface area contributed by atoms with Crippen LogP contribution in [0.25, 0.3) is 6.08 Å². The summed E-state index contributed by atoms with van der Waals surface area (Å²) in [6, 6.07) is 11.6. The highest BCUT2D eigenvalue weighted by Crippen LogP contribution is 2.48. The Morgan fingerprint density at radius 2 is 1.00 bits per heavy atom. The van der Waals surface area contributed by atoms with E-state index in [4.69, 9.17) is 23.7 Å². The number of ether oxygens (including phenoxy) is 5. The number of carbonyl (C=O) groups excluding carboxylic acids is 1. The van der Waals surface area contributed by atoms with E-state index in [2.05, 4.69) is 34.6 Å². The summed E-state index contributed by atoms with van der Waals surface area (Å²) in [6.45, 7) is 13.3. The van der Waals surface area contributed by atoms with Crippen LogP contribution in [0.5, 0.6) is 23.0 Å². The number of Topliss-reactive ketones (excluding diaryl/α,β-unsaturated/α-hetero) is 1. The average Bonchev–Trinajstić information content (AvgIpc) is 3.07. The van der Waals surface area contributed by atoms with Crippen LogP contribution in [0.4, 0.5) is 0 Å². The number of unbranched alkanes of at least 4 members (excludes halogenated alkanes) is 10. The molecule has 0 aliphatic rings. The fraction of sp³-hybridized carbons (Fsp3) is 0.625. The van der Waals surface area contributed by atoms with Gasteiger partial charge in [-0.3, -0.25) is 4.79 Å². The lowest BCUT2D eigenvalue weighted by atomic mass is 10.0. The van der Waals surface area contributed by atoms with E-state index in [0.29, 0.717) is 61.6 Å². The molecule has 0 aromatic heterocycles. The van der Waals surface area contributed by atoms with Gasteiger partial charge in [0.25, 0.3) is 0 Å². The van der Waals surface area contributed by atoms with Crippen LogP contribution in [-0.2, 0) is 4.74 Å². The number of allylic oxidation sites excluding steroid dienone is 1. The summed E-state index contributed by atoms with van der Waals surface area (Å²) in [7, 11) is 0. The van der Waals surface area contributed by atoms with E-state index in [1.165, 1.54) is 0 Å². The van der Waals surface area contributed by atoms with Gasteiger partial charge in [-0.1, -0.05) is 129 Å². The number of ketones is 1. The van der Waals surface area contributed by atoms with E-state index < -0.39 is 0 Å². The first-order valence-corrected chi connectivity index (χ1v) is 18.3. The minimum Gasteiger partial charge on any atom is -0.490 e. The maximum absolute atomic E-state index is 14.6. The molecule has 2 aromatic rings. The van der Waals surface area contributed by atoms with Crippen LogP contribution < -0.4 is 18.9 Å². The smallest absolute Gasteiger partial charge is 0.231 e. The van der Waals surface area contributed by atoms with Crippen LogP contribution in [0.3, 0.4) is 0 Å². The highest BCUT2D eigenvalue weighted by Gasteiger charge is 2.29. The molecule has 0 radical (unpaired) electrons. The molecule has 0 bridgehead atoms. The van der Waals surface area contributed by atoms with Gasteiger partial charge in [0.1, 0.15) is 0 Å². The number of hydrogen-bond acceptors (Lipinski definition) is 6. The summed E-state index contributed by atoms with van der Waals surface area (Å²) in [4.78, 5) is 14.6. The fourth-order valence-electron chi connectivity index (χ4n) is 4.94. The van der Waals surface area contributed by atoms with Crippen molar-refractivity contribution in [3.05, 3.63) is 53.3 Å². The van der Waals surface area contributed by atoms with Crippen molar-refractivity contribution < 1.29 is 28.5 Å². The van der Waals surface area contributed by atoms with Crippen LogP contribution in [0.2, 0.25) is 0 Å². The molecule has 0 spiro atoms. The van der Waals surface area contributed by atoms with E-state index >= 15 is 0 Å². The van der Waals surface area contributed by atoms with Gasteiger partial charge < -0.3 is 23.7 Å². The van der Waals surface area contributed by atoms with Crippen molar-refractivity contribution in [3.8, 4) is 23.0 Å². The Bertz CT molecular complexity index is 1110. The number of rotatable bonds is 28. The number of carbonyl (C=O) groups is 1. The summed E-state index contributed by atoms with van der Waals surface area (Å²) >= 11 is 0. The zero-order valence-corrected chi connectivity index (χ0v) is 29.6. The molecule has 0 saturated carbocycles. The maximum atomic E-state index is 14.6. The van der Waals surface area contributed by atoms with E-state index in [1.807, 2.05) is 36.4 Å². The Labute approximate surface area is 280 Å². The first kappa shape index (κ1) is 39.0. The molecule has 46 heavy (non-hydrogen) atoms. The summed E-state index contributed by atoms with van der Waals surface area (Å²) in [6.07, 6.45) is 17.0. The Morgan fingerprint density at radius 3 is 1.52 bits per heavy atom. The van der Waals surface area contributed by atoms with Crippen molar-refractivity contribution in [2.24, 2.45) is 0 Å². The summed E-state index contributed by atoms with van der Waals surface area (Å²) in [5.74, 6) is 1.97. The van der Waals surface area contributed by atoms with Crippen molar-refractivity contribution in [2.75, 3.05) is 33.0 Å². The number of benzene rings is 2. The predicted octanol–water partition coefficient (Wildman–Crippen LogP) is 11.4. The molecule has 0 saturated heterocycles. The third-order valence-corrected chi connectivity index (χ3v) is 7.72.